The van der Waals surface area contributed by atoms with Crippen LogP contribution in [-0.4, -0.2) is 11.9 Å². The molecular formula is C14H19NO. The minimum atomic E-state index is 0.0906. The fourth-order valence-electron chi connectivity index (χ4n) is 2.66. The summed E-state index contributed by atoms with van der Waals surface area (Å²) in [5, 5.41) is 3.09. The monoisotopic (exact) mass is 217 g/mol. The van der Waals surface area contributed by atoms with Crippen LogP contribution in [0.5, 0.6) is 0 Å². The lowest BCUT2D eigenvalue weighted by atomic mass is 9.80. The molecule has 0 radical (unpaired) electrons. The molecule has 0 saturated heterocycles. The number of benzene rings is 1. The van der Waals surface area contributed by atoms with Crippen molar-refractivity contribution in [2.45, 2.75) is 44.6 Å². The minimum Gasteiger partial charge on any atom is -0.353 e. The van der Waals surface area contributed by atoms with Crippen molar-refractivity contribution in [1.82, 2.24) is 5.32 Å². The second-order valence-electron chi connectivity index (χ2n) is 4.61. The summed E-state index contributed by atoms with van der Waals surface area (Å²) in [7, 11) is 0. The Labute approximate surface area is 97.1 Å². The third kappa shape index (κ3) is 2.63. The standard InChI is InChI=1S/C14H19NO/c1-11(16)15-14-10-6-5-9-13(14)12-7-3-2-4-8-12/h2-4,7-8,13-14H,5-6,9-10H2,1H3,(H,15,16). The van der Waals surface area contributed by atoms with E-state index in [-0.39, 0.29) is 5.91 Å². The van der Waals surface area contributed by atoms with Crippen molar-refractivity contribution in [3.8, 4) is 0 Å². The van der Waals surface area contributed by atoms with E-state index in [1.165, 1.54) is 24.8 Å². The topological polar surface area (TPSA) is 29.1 Å². The van der Waals surface area contributed by atoms with Crippen LogP contribution in [0.2, 0.25) is 0 Å². The van der Waals surface area contributed by atoms with E-state index in [1.54, 1.807) is 6.92 Å². The van der Waals surface area contributed by atoms with E-state index >= 15 is 0 Å². The lowest BCUT2D eigenvalue weighted by molar-refractivity contribution is -0.120. The van der Waals surface area contributed by atoms with Gasteiger partial charge in [0.1, 0.15) is 0 Å². The van der Waals surface area contributed by atoms with Gasteiger partial charge in [-0.15, -0.1) is 0 Å². The molecule has 1 aromatic rings. The Hall–Kier alpha value is -1.31. The van der Waals surface area contributed by atoms with Crippen molar-refractivity contribution < 1.29 is 4.79 Å². The highest BCUT2D eigenvalue weighted by atomic mass is 16.1. The van der Waals surface area contributed by atoms with Crippen molar-refractivity contribution in [2.24, 2.45) is 0 Å². The second kappa shape index (κ2) is 5.15. The molecule has 0 heterocycles. The van der Waals surface area contributed by atoms with Crippen molar-refractivity contribution in [2.75, 3.05) is 0 Å². The molecule has 1 aromatic carbocycles. The molecule has 0 aromatic heterocycles. The van der Waals surface area contributed by atoms with Crippen LogP contribution in [0.4, 0.5) is 0 Å². The molecule has 1 aliphatic rings. The van der Waals surface area contributed by atoms with Crippen molar-refractivity contribution >= 4 is 5.91 Å². The zero-order chi connectivity index (χ0) is 11.4. The van der Waals surface area contributed by atoms with Gasteiger partial charge < -0.3 is 5.32 Å². The molecular weight excluding hydrogens is 198 g/mol. The first-order valence-electron chi connectivity index (χ1n) is 6.09. The van der Waals surface area contributed by atoms with E-state index in [0.717, 1.165) is 6.42 Å². The fourth-order valence-corrected chi connectivity index (χ4v) is 2.66. The molecule has 1 saturated carbocycles. The maximum atomic E-state index is 11.2. The van der Waals surface area contributed by atoms with E-state index < -0.39 is 0 Å². The van der Waals surface area contributed by atoms with Gasteiger partial charge in [0.2, 0.25) is 5.91 Å². The van der Waals surface area contributed by atoms with Gasteiger partial charge in [0.25, 0.3) is 0 Å². The van der Waals surface area contributed by atoms with Crippen LogP contribution in [-0.2, 0) is 4.79 Å². The van der Waals surface area contributed by atoms with Gasteiger partial charge in [-0.25, -0.2) is 0 Å². The Kier molecular flexibility index (Phi) is 3.60. The van der Waals surface area contributed by atoms with Crippen LogP contribution >= 0.6 is 0 Å². The lowest BCUT2D eigenvalue weighted by Gasteiger charge is -2.32. The van der Waals surface area contributed by atoms with Crippen LogP contribution in [0.1, 0.15) is 44.1 Å². The molecule has 0 bridgehead atoms. The quantitative estimate of drug-likeness (QED) is 0.811. The molecule has 1 aliphatic carbocycles. The Morgan fingerprint density at radius 1 is 1.19 bits per heavy atom. The first kappa shape index (κ1) is 11.2. The zero-order valence-electron chi connectivity index (χ0n) is 9.78. The first-order valence-corrected chi connectivity index (χ1v) is 6.09. The fraction of sp³-hybridized carbons (Fsp3) is 0.500. The summed E-state index contributed by atoms with van der Waals surface area (Å²) >= 11 is 0. The van der Waals surface area contributed by atoms with Crippen LogP contribution in [0.25, 0.3) is 0 Å². The van der Waals surface area contributed by atoms with Gasteiger partial charge in [0.15, 0.2) is 0 Å². The summed E-state index contributed by atoms with van der Waals surface area (Å²) < 4.78 is 0. The summed E-state index contributed by atoms with van der Waals surface area (Å²) in [5.41, 5.74) is 1.36. The van der Waals surface area contributed by atoms with E-state index in [0.29, 0.717) is 12.0 Å². The third-order valence-electron chi connectivity index (χ3n) is 3.38. The van der Waals surface area contributed by atoms with Gasteiger partial charge in [0, 0.05) is 18.9 Å². The van der Waals surface area contributed by atoms with Crippen molar-refractivity contribution in [1.29, 1.82) is 0 Å². The SMILES string of the molecule is CC(=O)NC1CCCCC1c1ccccc1. The predicted molar refractivity (Wildman–Crippen MR) is 65.3 cm³/mol. The van der Waals surface area contributed by atoms with E-state index in [9.17, 15) is 4.79 Å². The highest BCUT2D eigenvalue weighted by Crippen LogP contribution is 2.32. The van der Waals surface area contributed by atoms with E-state index in [4.69, 9.17) is 0 Å². The second-order valence-corrected chi connectivity index (χ2v) is 4.61. The Morgan fingerprint density at radius 2 is 1.88 bits per heavy atom. The average Bonchev–Trinajstić information content (AvgIpc) is 2.30. The summed E-state index contributed by atoms with van der Waals surface area (Å²) in [4.78, 5) is 11.2. The van der Waals surface area contributed by atoms with Gasteiger partial charge in [0.05, 0.1) is 0 Å². The summed E-state index contributed by atoms with van der Waals surface area (Å²) in [6, 6.07) is 10.9. The molecule has 0 spiro atoms. The summed E-state index contributed by atoms with van der Waals surface area (Å²) in [6.07, 6.45) is 4.80. The first-order chi connectivity index (χ1) is 7.77. The summed E-state index contributed by atoms with van der Waals surface area (Å²) in [6.45, 7) is 1.61. The lowest BCUT2D eigenvalue weighted by Crippen LogP contribution is -2.39. The Bertz CT molecular complexity index is 347. The predicted octanol–water partition coefficient (Wildman–Crippen LogP) is 2.85. The highest BCUT2D eigenvalue weighted by molar-refractivity contribution is 5.73. The number of hydrogen-bond acceptors (Lipinski definition) is 1. The van der Waals surface area contributed by atoms with Crippen LogP contribution < -0.4 is 5.32 Å². The summed E-state index contributed by atoms with van der Waals surface area (Å²) in [5.74, 6) is 0.590. The molecule has 2 atom stereocenters. The van der Waals surface area contributed by atoms with Crippen molar-refractivity contribution in [3.63, 3.8) is 0 Å². The van der Waals surface area contributed by atoms with Gasteiger partial charge in [-0.3, -0.25) is 4.79 Å². The molecule has 0 aliphatic heterocycles. The van der Waals surface area contributed by atoms with Gasteiger partial charge in [-0.05, 0) is 18.4 Å². The number of amides is 1. The molecule has 16 heavy (non-hydrogen) atoms. The largest absolute Gasteiger partial charge is 0.353 e. The van der Waals surface area contributed by atoms with Crippen LogP contribution in [0, 0.1) is 0 Å². The van der Waals surface area contributed by atoms with E-state index in [2.05, 4.69) is 29.6 Å². The molecule has 1 N–H and O–H groups in total. The smallest absolute Gasteiger partial charge is 0.217 e. The van der Waals surface area contributed by atoms with Crippen LogP contribution in [0.15, 0.2) is 30.3 Å². The molecule has 1 amide bonds. The molecule has 2 rings (SSSR count). The molecule has 2 heteroatoms. The van der Waals surface area contributed by atoms with Crippen LogP contribution in [0.3, 0.4) is 0 Å². The number of nitrogens with one attached hydrogen (secondary N) is 1. The number of hydrogen-bond donors (Lipinski definition) is 1. The molecule has 2 unspecified atom stereocenters. The molecule has 2 nitrogen and oxygen atoms in total. The van der Waals surface area contributed by atoms with E-state index in [1.807, 2.05) is 6.07 Å². The Balaban J connectivity index is 2.13. The number of rotatable bonds is 2. The van der Waals surface area contributed by atoms with Gasteiger partial charge in [-0.2, -0.15) is 0 Å². The van der Waals surface area contributed by atoms with Crippen molar-refractivity contribution in [3.05, 3.63) is 35.9 Å². The van der Waals surface area contributed by atoms with Gasteiger partial charge in [-0.1, -0.05) is 43.2 Å². The van der Waals surface area contributed by atoms with Gasteiger partial charge >= 0.3 is 0 Å². The molecule has 1 fully saturated rings. The molecule has 86 valence electrons. The highest BCUT2D eigenvalue weighted by Gasteiger charge is 2.26. The maximum Gasteiger partial charge on any atom is 0.217 e. The number of carbonyl (C=O) groups excluding carboxylic acids is 1. The number of carbonyl (C=O) groups is 1. The maximum absolute atomic E-state index is 11.2. The normalized spacial score (nSPS) is 25.1. The zero-order valence-corrected chi connectivity index (χ0v) is 9.78. The minimum absolute atomic E-state index is 0.0906. The third-order valence-corrected chi connectivity index (χ3v) is 3.38. The Morgan fingerprint density at radius 3 is 2.56 bits per heavy atom. The average molecular weight is 217 g/mol.